The highest BCUT2D eigenvalue weighted by Crippen LogP contribution is 2.16. The smallest absolute Gasteiger partial charge is 0.262 e. The van der Waals surface area contributed by atoms with Crippen LogP contribution in [0.25, 0.3) is 0 Å². The zero-order valence-electron chi connectivity index (χ0n) is 13.2. The van der Waals surface area contributed by atoms with Gasteiger partial charge in [-0.25, -0.2) is 0 Å². The van der Waals surface area contributed by atoms with Crippen molar-refractivity contribution in [2.24, 2.45) is 0 Å². The van der Waals surface area contributed by atoms with Crippen LogP contribution in [0.2, 0.25) is 0 Å². The Morgan fingerprint density at radius 3 is 2.30 bits per heavy atom. The van der Waals surface area contributed by atoms with Crippen LogP contribution < -0.4 is 14.8 Å². The minimum atomic E-state index is -0.209. The number of rotatable bonds is 9. The summed E-state index contributed by atoms with van der Waals surface area (Å²) in [5.74, 6) is 1.20. The average Bonchev–Trinajstić information content (AvgIpc) is 2.59. The van der Waals surface area contributed by atoms with Gasteiger partial charge in [-0.05, 0) is 43.3 Å². The SMILES string of the molecule is CCOCCOc1ccc(NC(=O)COc2ccccc2)cc1. The van der Waals surface area contributed by atoms with Crippen molar-refractivity contribution < 1.29 is 19.0 Å². The molecule has 2 aromatic rings. The van der Waals surface area contributed by atoms with Crippen molar-refractivity contribution in [1.29, 1.82) is 0 Å². The third kappa shape index (κ3) is 6.40. The number of ether oxygens (including phenoxy) is 3. The van der Waals surface area contributed by atoms with Crippen molar-refractivity contribution in [3.63, 3.8) is 0 Å². The summed E-state index contributed by atoms with van der Waals surface area (Å²) >= 11 is 0. The van der Waals surface area contributed by atoms with Gasteiger partial charge in [-0.3, -0.25) is 4.79 Å². The molecule has 0 unspecified atom stereocenters. The van der Waals surface area contributed by atoms with E-state index in [1.807, 2.05) is 37.3 Å². The Labute approximate surface area is 136 Å². The first kappa shape index (κ1) is 16.8. The predicted molar refractivity (Wildman–Crippen MR) is 89.0 cm³/mol. The molecule has 0 aromatic heterocycles. The minimum absolute atomic E-state index is 0.0311. The molecule has 5 heteroatoms. The number of nitrogens with one attached hydrogen (secondary N) is 1. The summed E-state index contributed by atoms with van der Waals surface area (Å²) in [6.07, 6.45) is 0. The topological polar surface area (TPSA) is 56.8 Å². The summed E-state index contributed by atoms with van der Waals surface area (Å²) in [5.41, 5.74) is 0.698. The van der Waals surface area contributed by atoms with Gasteiger partial charge in [0.2, 0.25) is 0 Å². The van der Waals surface area contributed by atoms with Crippen LogP contribution in [0.1, 0.15) is 6.92 Å². The van der Waals surface area contributed by atoms with Crippen molar-refractivity contribution >= 4 is 11.6 Å². The molecule has 5 nitrogen and oxygen atoms in total. The van der Waals surface area contributed by atoms with Crippen molar-refractivity contribution in [3.8, 4) is 11.5 Å². The standard InChI is InChI=1S/C18H21NO4/c1-2-21-12-13-22-17-10-8-15(9-11-17)19-18(20)14-23-16-6-4-3-5-7-16/h3-11H,2,12-14H2,1H3,(H,19,20). The molecule has 2 rings (SSSR count). The van der Waals surface area contributed by atoms with E-state index in [1.165, 1.54) is 0 Å². The summed E-state index contributed by atoms with van der Waals surface area (Å²) in [4.78, 5) is 11.8. The van der Waals surface area contributed by atoms with Crippen LogP contribution in [0, 0.1) is 0 Å². The maximum Gasteiger partial charge on any atom is 0.262 e. The molecule has 0 saturated carbocycles. The Morgan fingerprint density at radius 1 is 0.913 bits per heavy atom. The van der Waals surface area contributed by atoms with E-state index in [9.17, 15) is 4.79 Å². The second kappa shape index (κ2) is 9.48. The molecule has 23 heavy (non-hydrogen) atoms. The van der Waals surface area contributed by atoms with E-state index in [1.54, 1.807) is 24.3 Å². The zero-order valence-corrected chi connectivity index (χ0v) is 13.2. The van der Waals surface area contributed by atoms with Gasteiger partial charge in [0.05, 0.1) is 6.61 Å². The van der Waals surface area contributed by atoms with E-state index >= 15 is 0 Å². The number of benzene rings is 2. The molecular formula is C18H21NO4. The second-order valence-corrected chi connectivity index (χ2v) is 4.72. The van der Waals surface area contributed by atoms with Crippen LogP contribution in [-0.2, 0) is 9.53 Å². The van der Waals surface area contributed by atoms with Crippen molar-refractivity contribution in [3.05, 3.63) is 54.6 Å². The fourth-order valence-electron chi connectivity index (χ4n) is 1.86. The van der Waals surface area contributed by atoms with Crippen molar-refractivity contribution in [1.82, 2.24) is 0 Å². The lowest BCUT2D eigenvalue weighted by Gasteiger charge is -2.09. The van der Waals surface area contributed by atoms with Gasteiger partial charge in [0, 0.05) is 12.3 Å². The summed E-state index contributed by atoms with van der Waals surface area (Å²) < 4.78 is 16.1. The fraction of sp³-hybridized carbons (Fsp3) is 0.278. The van der Waals surface area contributed by atoms with Crippen LogP contribution in [-0.4, -0.2) is 32.3 Å². The second-order valence-electron chi connectivity index (χ2n) is 4.72. The average molecular weight is 315 g/mol. The van der Waals surface area contributed by atoms with Crippen LogP contribution >= 0.6 is 0 Å². The minimum Gasteiger partial charge on any atom is -0.491 e. The van der Waals surface area contributed by atoms with Gasteiger partial charge in [0.25, 0.3) is 5.91 Å². The lowest BCUT2D eigenvalue weighted by atomic mass is 10.3. The maximum absolute atomic E-state index is 11.8. The Kier molecular flexibility index (Phi) is 6.94. The van der Waals surface area contributed by atoms with Crippen LogP contribution in [0.3, 0.4) is 0 Å². The lowest BCUT2D eigenvalue weighted by molar-refractivity contribution is -0.118. The Balaban J connectivity index is 1.73. The molecule has 122 valence electrons. The molecule has 0 aliphatic heterocycles. The quantitative estimate of drug-likeness (QED) is 0.722. The first-order valence-electron chi connectivity index (χ1n) is 7.56. The van der Waals surface area contributed by atoms with Crippen molar-refractivity contribution in [2.75, 3.05) is 31.7 Å². The Bertz CT molecular complexity index is 584. The fourth-order valence-corrected chi connectivity index (χ4v) is 1.86. The van der Waals surface area contributed by atoms with E-state index < -0.39 is 0 Å². The van der Waals surface area contributed by atoms with E-state index in [2.05, 4.69) is 5.32 Å². The number of hydrogen-bond donors (Lipinski definition) is 1. The Hall–Kier alpha value is -2.53. The maximum atomic E-state index is 11.8. The zero-order chi connectivity index (χ0) is 16.3. The molecule has 1 N–H and O–H groups in total. The highest BCUT2D eigenvalue weighted by molar-refractivity contribution is 5.91. The van der Waals surface area contributed by atoms with Gasteiger partial charge in [0.1, 0.15) is 18.1 Å². The van der Waals surface area contributed by atoms with Crippen molar-refractivity contribution in [2.45, 2.75) is 6.92 Å². The molecule has 0 fully saturated rings. The van der Waals surface area contributed by atoms with Crippen LogP contribution in [0.4, 0.5) is 5.69 Å². The molecule has 0 atom stereocenters. The molecule has 1 amide bonds. The Morgan fingerprint density at radius 2 is 1.61 bits per heavy atom. The molecule has 0 saturated heterocycles. The molecule has 2 aromatic carbocycles. The lowest BCUT2D eigenvalue weighted by Crippen LogP contribution is -2.20. The number of para-hydroxylation sites is 1. The van der Waals surface area contributed by atoms with E-state index in [4.69, 9.17) is 14.2 Å². The molecule has 0 spiro atoms. The number of anilines is 1. The summed E-state index contributed by atoms with van der Waals surface area (Å²) in [6.45, 7) is 3.66. The molecule has 0 aliphatic carbocycles. The molecule has 0 bridgehead atoms. The van der Waals surface area contributed by atoms with E-state index in [0.29, 0.717) is 31.3 Å². The third-order valence-corrected chi connectivity index (χ3v) is 2.95. The molecular weight excluding hydrogens is 294 g/mol. The monoisotopic (exact) mass is 315 g/mol. The van der Waals surface area contributed by atoms with E-state index in [0.717, 1.165) is 5.75 Å². The van der Waals surface area contributed by atoms with Gasteiger partial charge in [-0.1, -0.05) is 18.2 Å². The largest absolute Gasteiger partial charge is 0.491 e. The number of carbonyl (C=O) groups is 1. The summed E-state index contributed by atoms with van der Waals surface area (Å²) in [7, 11) is 0. The third-order valence-electron chi connectivity index (χ3n) is 2.95. The summed E-state index contributed by atoms with van der Waals surface area (Å²) in [6, 6.07) is 16.4. The summed E-state index contributed by atoms with van der Waals surface area (Å²) in [5, 5.41) is 2.77. The van der Waals surface area contributed by atoms with E-state index in [-0.39, 0.29) is 12.5 Å². The number of carbonyl (C=O) groups excluding carboxylic acids is 1. The highest BCUT2D eigenvalue weighted by Gasteiger charge is 2.04. The van der Waals surface area contributed by atoms with Gasteiger partial charge in [-0.15, -0.1) is 0 Å². The predicted octanol–water partition coefficient (Wildman–Crippen LogP) is 3.12. The van der Waals surface area contributed by atoms with Crippen LogP contribution in [0.15, 0.2) is 54.6 Å². The first-order chi connectivity index (χ1) is 11.3. The van der Waals surface area contributed by atoms with Gasteiger partial charge in [-0.2, -0.15) is 0 Å². The van der Waals surface area contributed by atoms with Gasteiger partial charge < -0.3 is 19.5 Å². The van der Waals surface area contributed by atoms with Crippen LogP contribution in [0.5, 0.6) is 11.5 Å². The normalized spacial score (nSPS) is 10.1. The molecule has 0 radical (unpaired) electrons. The number of amides is 1. The molecule has 0 aliphatic rings. The van der Waals surface area contributed by atoms with Gasteiger partial charge in [0.15, 0.2) is 6.61 Å². The molecule has 0 heterocycles. The first-order valence-corrected chi connectivity index (χ1v) is 7.56. The number of hydrogen-bond acceptors (Lipinski definition) is 4. The highest BCUT2D eigenvalue weighted by atomic mass is 16.5. The van der Waals surface area contributed by atoms with Gasteiger partial charge >= 0.3 is 0 Å².